The quantitative estimate of drug-likeness (QED) is 0.796. The van der Waals surface area contributed by atoms with Crippen LogP contribution in [0.2, 0.25) is 0 Å². The molecule has 0 unspecified atom stereocenters. The lowest BCUT2D eigenvalue weighted by Gasteiger charge is -2.33. The Hall–Kier alpha value is -2.92. The first-order chi connectivity index (χ1) is 12.0. The molecule has 0 amide bonds. The number of ether oxygens (including phenoxy) is 3. The summed E-state index contributed by atoms with van der Waals surface area (Å²) in [5, 5.41) is 0. The van der Waals surface area contributed by atoms with E-state index in [1.807, 2.05) is 54.6 Å². The van der Waals surface area contributed by atoms with Gasteiger partial charge in [0.05, 0.1) is 7.11 Å². The predicted octanol–water partition coefficient (Wildman–Crippen LogP) is 3.83. The van der Waals surface area contributed by atoms with Gasteiger partial charge in [-0.3, -0.25) is 4.79 Å². The molecule has 25 heavy (non-hydrogen) atoms. The SMILES string of the molecule is COC(=O)O[C@H]1C=CC(=O)[C@@](C)(c2ccc(-c3ccccc3)cc2)O1. The Bertz CT molecular complexity index is 795. The smallest absolute Gasteiger partial charge is 0.438 e. The van der Waals surface area contributed by atoms with Crippen LogP contribution in [0.1, 0.15) is 12.5 Å². The van der Waals surface area contributed by atoms with Gasteiger partial charge in [0.15, 0.2) is 11.4 Å². The second-order valence-electron chi connectivity index (χ2n) is 5.76. The summed E-state index contributed by atoms with van der Waals surface area (Å²) in [5.41, 5.74) is 1.57. The molecular formula is C20H18O5. The lowest BCUT2D eigenvalue weighted by molar-refractivity contribution is -0.182. The molecule has 0 spiro atoms. The molecule has 3 rings (SSSR count). The number of rotatable bonds is 3. The fourth-order valence-electron chi connectivity index (χ4n) is 2.68. The second kappa shape index (κ2) is 6.91. The minimum atomic E-state index is -1.23. The summed E-state index contributed by atoms with van der Waals surface area (Å²) >= 11 is 0. The van der Waals surface area contributed by atoms with Crippen LogP contribution >= 0.6 is 0 Å². The molecule has 2 aromatic rings. The highest BCUT2D eigenvalue weighted by Crippen LogP contribution is 2.33. The maximum absolute atomic E-state index is 12.4. The first kappa shape index (κ1) is 16.9. The largest absolute Gasteiger partial charge is 0.510 e. The molecule has 0 fully saturated rings. The Labute approximate surface area is 145 Å². The van der Waals surface area contributed by atoms with Gasteiger partial charge in [0.25, 0.3) is 0 Å². The number of benzene rings is 2. The van der Waals surface area contributed by atoms with Crippen LogP contribution in [0.15, 0.2) is 66.7 Å². The van der Waals surface area contributed by atoms with Crippen molar-refractivity contribution in [1.82, 2.24) is 0 Å². The fraction of sp³-hybridized carbons (Fsp3) is 0.200. The van der Waals surface area contributed by atoms with E-state index >= 15 is 0 Å². The lowest BCUT2D eigenvalue weighted by atomic mass is 9.88. The van der Waals surface area contributed by atoms with E-state index in [1.165, 1.54) is 19.3 Å². The molecule has 1 heterocycles. The van der Waals surface area contributed by atoms with Crippen molar-refractivity contribution in [3.8, 4) is 11.1 Å². The molecule has 0 aliphatic carbocycles. The first-order valence-corrected chi connectivity index (χ1v) is 7.84. The third-order valence-corrected chi connectivity index (χ3v) is 4.15. The van der Waals surface area contributed by atoms with Crippen molar-refractivity contribution >= 4 is 11.9 Å². The summed E-state index contributed by atoms with van der Waals surface area (Å²) in [4.78, 5) is 23.7. The molecule has 2 atom stereocenters. The van der Waals surface area contributed by atoms with Crippen molar-refractivity contribution in [3.63, 3.8) is 0 Å². The number of hydrogen-bond acceptors (Lipinski definition) is 5. The minimum absolute atomic E-state index is 0.218. The highest BCUT2D eigenvalue weighted by Gasteiger charge is 2.40. The highest BCUT2D eigenvalue weighted by atomic mass is 16.8. The van der Waals surface area contributed by atoms with Crippen molar-refractivity contribution in [2.75, 3.05) is 7.11 Å². The number of carbonyl (C=O) groups is 2. The van der Waals surface area contributed by atoms with Crippen LogP contribution in [0.25, 0.3) is 11.1 Å². The van der Waals surface area contributed by atoms with Gasteiger partial charge >= 0.3 is 6.16 Å². The Balaban J connectivity index is 1.85. The van der Waals surface area contributed by atoms with Crippen LogP contribution in [0.3, 0.4) is 0 Å². The van der Waals surface area contributed by atoms with Gasteiger partial charge in [-0.1, -0.05) is 54.6 Å². The summed E-state index contributed by atoms with van der Waals surface area (Å²) in [6, 6.07) is 17.5. The zero-order valence-electron chi connectivity index (χ0n) is 14.0. The Morgan fingerprint density at radius 1 is 1.04 bits per heavy atom. The predicted molar refractivity (Wildman–Crippen MR) is 91.7 cm³/mol. The number of carbonyl (C=O) groups excluding carboxylic acids is 2. The number of methoxy groups -OCH3 is 1. The third-order valence-electron chi connectivity index (χ3n) is 4.15. The fourth-order valence-corrected chi connectivity index (χ4v) is 2.68. The molecule has 128 valence electrons. The zero-order chi connectivity index (χ0) is 17.9. The normalized spacial score (nSPS) is 22.5. The summed E-state index contributed by atoms with van der Waals surface area (Å²) in [7, 11) is 1.21. The van der Waals surface area contributed by atoms with E-state index in [2.05, 4.69) is 4.74 Å². The van der Waals surface area contributed by atoms with E-state index in [4.69, 9.17) is 9.47 Å². The van der Waals surface area contributed by atoms with Crippen molar-refractivity contribution in [2.45, 2.75) is 18.8 Å². The van der Waals surface area contributed by atoms with E-state index in [-0.39, 0.29) is 5.78 Å². The average molecular weight is 338 g/mol. The lowest BCUT2D eigenvalue weighted by Crippen LogP contribution is -2.42. The van der Waals surface area contributed by atoms with Gasteiger partial charge in [0, 0.05) is 0 Å². The Morgan fingerprint density at radius 2 is 1.68 bits per heavy atom. The molecular weight excluding hydrogens is 320 g/mol. The Kier molecular flexibility index (Phi) is 4.67. The van der Waals surface area contributed by atoms with Crippen molar-refractivity contribution in [2.24, 2.45) is 0 Å². The van der Waals surface area contributed by atoms with Crippen LogP contribution in [0.5, 0.6) is 0 Å². The molecule has 0 aromatic heterocycles. The molecule has 1 aliphatic rings. The standard InChI is InChI=1S/C20H18O5/c1-20(17(21)12-13-18(25-20)24-19(22)23-2)16-10-8-15(9-11-16)14-6-4-3-5-7-14/h3-13,18H,1-2H3/t18-,20-/m1/s1. The topological polar surface area (TPSA) is 61.8 Å². The number of ketones is 1. The van der Waals surface area contributed by atoms with Gasteiger partial charge in [-0.15, -0.1) is 0 Å². The van der Waals surface area contributed by atoms with Crippen LogP contribution in [-0.4, -0.2) is 25.3 Å². The van der Waals surface area contributed by atoms with E-state index in [0.29, 0.717) is 5.56 Å². The van der Waals surface area contributed by atoms with Crippen LogP contribution in [-0.2, 0) is 24.6 Å². The monoisotopic (exact) mass is 338 g/mol. The van der Waals surface area contributed by atoms with E-state index < -0.39 is 18.0 Å². The first-order valence-electron chi connectivity index (χ1n) is 7.84. The van der Waals surface area contributed by atoms with Gasteiger partial charge in [0.1, 0.15) is 0 Å². The maximum atomic E-state index is 12.4. The second-order valence-corrected chi connectivity index (χ2v) is 5.76. The molecule has 1 aliphatic heterocycles. The van der Waals surface area contributed by atoms with Gasteiger partial charge in [0.2, 0.25) is 6.29 Å². The molecule has 0 radical (unpaired) electrons. The molecule has 5 nitrogen and oxygen atoms in total. The van der Waals surface area contributed by atoms with Gasteiger partial charge < -0.3 is 14.2 Å². The number of hydrogen-bond donors (Lipinski definition) is 0. The summed E-state index contributed by atoms with van der Waals surface area (Å²) in [6.07, 6.45) is 0.899. The maximum Gasteiger partial charge on any atom is 0.510 e. The molecule has 0 N–H and O–H groups in total. The molecule has 0 saturated carbocycles. The van der Waals surface area contributed by atoms with Crippen LogP contribution in [0, 0.1) is 0 Å². The molecule has 0 bridgehead atoms. The van der Waals surface area contributed by atoms with Gasteiger partial charge in [-0.05, 0) is 35.8 Å². The molecule has 0 saturated heterocycles. The zero-order valence-corrected chi connectivity index (χ0v) is 14.0. The average Bonchev–Trinajstić information content (AvgIpc) is 2.65. The van der Waals surface area contributed by atoms with E-state index in [9.17, 15) is 9.59 Å². The van der Waals surface area contributed by atoms with Gasteiger partial charge in [-0.2, -0.15) is 0 Å². The Morgan fingerprint density at radius 3 is 2.32 bits per heavy atom. The van der Waals surface area contributed by atoms with Crippen LogP contribution in [0.4, 0.5) is 4.79 Å². The van der Waals surface area contributed by atoms with E-state index in [0.717, 1.165) is 11.1 Å². The third kappa shape index (κ3) is 3.46. The van der Waals surface area contributed by atoms with Crippen molar-refractivity contribution < 1.29 is 23.8 Å². The van der Waals surface area contributed by atoms with Crippen molar-refractivity contribution in [3.05, 3.63) is 72.3 Å². The summed E-state index contributed by atoms with van der Waals surface area (Å²) < 4.78 is 15.2. The highest BCUT2D eigenvalue weighted by molar-refractivity contribution is 5.98. The molecule has 5 heteroatoms. The summed E-state index contributed by atoms with van der Waals surface area (Å²) in [5.74, 6) is -0.218. The molecule has 2 aromatic carbocycles. The van der Waals surface area contributed by atoms with Crippen molar-refractivity contribution in [1.29, 1.82) is 0 Å². The van der Waals surface area contributed by atoms with E-state index in [1.54, 1.807) is 6.92 Å². The van der Waals surface area contributed by atoms with Gasteiger partial charge in [-0.25, -0.2) is 4.79 Å². The summed E-state index contributed by atoms with van der Waals surface area (Å²) in [6.45, 7) is 1.66. The van der Waals surface area contributed by atoms with Crippen LogP contribution < -0.4 is 0 Å². The minimum Gasteiger partial charge on any atom is -0.438 e.